The smallest absolute Gasteiger partial charge is 0.122 e. The molecule has 0 aliphatic heterocycles. The van der Waals surface area contributed by atoms with Gasteiger partial charge in [-0.25, -0.2) is 0 Å². The molecule has 1 unspecified atom stereocenters. The maximum absolute atomic E-state index is 5.43. The largest absolute Gasteiger partial charge is 0.497 e. The van der Waals surface area contributed by atoms with Crippen molar-refractivity contribution < 1.29 is 9.47 Å². The van der Waals surface area contributed by atoms with Gasteiger partial charge < -0.3 is 9.47 Å². The second-order valence-electron chi connectivity index (χ2n) is 4.39. The van der Waals surface area contributed by atoms with Gasteiger partial charge in [0.15, 0.2) is 0 Å². The molecule has 0 spiro atoms. The molecule has 0 heterocycles. The van der Waals surface area contributed by atoms with Crippen molar-refractivity contribution in [2.45, 2.75) is 12.8 Å². The second-order valence-corrected chi connectivity index (χ2v) is 5.30. The molecule has 0 N–H and O–H groups in total. The Hall–Kier alpha value is -1.48. The minimum absolute atomic E-state index is 0.238. The third-order valence-corrected chi connectivity index (χ3v) is 3.69. The van der Waals surface area contributed by atoms with Crippen molar-refractivity contribution in [2.24, 2.45) is 0 Å². The third-order valence-electron chi connectivity index (χ3n) is 3.23. The van der Waals surface area contributed by atoms with E-state index in [0.717, 1.165) is 16.0 Å². The van der Waals surface area contributed by atoms with E-state index < -0.39 is 0 Å². The predicted molar refractivity (Wildman–Crippen MR) is 81.2 cm³/mol. The van der Waals surface area contributed by atoms with Crippen LogP contribution in [0.4, 0.5) is 0 Å². The van der Waals surface area contributed by atoms with E-state index in [1.807, 2.05) is 24.3 Å². The number of benzene rings is 2. The molecule has 100 valence electrons. The maximum Gasteiger partial charge on any atom is 0.122 e. The summed E-state index contributed by atoms with van der Waals surface area (Å²) in [5, 5.41) is 0. The molecule has 2 nitrogen and oxygen atoms in total. The standard InChI is InChI=1S/C16H17BrO2/c1-11(15-6-4-5-7-16(15)19-3)12-8-13(17)10-14(9-12)18-2/h4-11H,1-3H3. The van der Waals surface area contributed by atoms with Crippen LogP contribution in [-0.2, 0) is 0 Å². The average molecular weight is 321 g/mol. The average Bonchev–Trinajstić information content (AvgIpc) is 2.45. The normalized spacial score (nSPS) is 12.0. The lowest BCUT2D eigenvalue weighted by Gasteiger charge is -2.17. The topological polar surface area (TPSA) is 18.5 Å². The minimum atomic E-state index is 0.238. The molecule has 0 radical (unpaired) electrons. The Morgan fingerprint density at radius 3 is 2.42 bits per heavy atom. The Bertz CT molecular complexity index is 566. The summed E-state index contributed by atoms with van der Waals surface area (Å²) < 4.78 is 11.8. The van der Waals surface area contributed by atoms with Crippen molar-refractivity contribution in [3.8, 4) is 11.5 Å². The highest BCUT2D eigenvalue weighted by molar-refractivity contribution is 9.10. The van der Waals surface area contributed by atoms with Gasteiger partial charge in [-0.1, -0.05) is 41.1 Å². The molecule has 0 aromatic heterocycles. The number of hydrogen-bond donors (Lipinski definition) is 0. The summed E-state index contributed by atoms with van der Waals surface area (Å²) in [7, 11) is 3.38. The summed E-state index contributed by atoms with van der Waals surface area (Å²) in [5.74, 6) is 2.00. The summed E-state index contributed by atoms with van der Waals surface area (Å²) in [6.45, 7) is 2.17. The van der Waals surface area contributed by atoms with Gasteiger partial charge in [0.2, 0.25) is 0 Å². The molecule has 2 aromatic carbocycles. The quantitative estimate of drug-likeness (QED) is 0.818. The molecule has 19 heavy (non-hydrogen) atoms. The van der Waals surface area contributed by atoms with E-state index in [2.05, 4.69) is 41.1 Å². The minimum Gasteiger partial charge on any atom is -0.497 e. The number of halogens is 1. The molecule has 0 bridgehead atoms. The van der Waals surface area contributed by atoms with E-state index in [-0.39, 0.29) is 5.92 Å². The van der Waals surface area contributed by atoms with Gasteiger partial charge in [0, 0.05) is 16.0 Å². The number of ether oxygens (including phenoxy) is 2. The summed E-state index contributed by atoms with van der Waals surface area (Å²) >= 11 is 3.52. The van der Waals surface area contributed by atoms with E-state index in [4.69, 9.17) is 9.47 Å². The zero-order valence-corrected chi connectivity index (χ0v) is 12.9. The van der Waals surface area contributed by atoms with Crippen LogP contribution in [0.15, 0.2) is 46.9 Å². The number of hydrogen-bond acceptors (Lipinski definition) is 2. The van der Waals surface area contributed by atoms with E-state index in [0.29, 0.717) is 0 Å². The Morgan fingerprint density at radius 1 is 1.00 bits per heavy atom. The number of para-hydroxylation sites is 1. The fourth-order valence-corrected chi connectivity index (χ4v) is 2.65. The molecular formula is C16H17BrO2. The lowest BCUT2D eigenvalue weighted by molar-refractivity contribution is 0.407. The van der Waals surface area contributed by atoms with Gasteiger partial charge in [0.1, 0.15) is 11.5 Å². The molecule has 2 rings (SSSR count). The van der Waals surface area contributed by atoms with Gasteiger partial charge in [-0.3, -0.25) is 0 Å². The summed E-state index contributed by atoms with van der Waals surface area (Å²) in [6, 6.07) is 14.2. The number of rotatable bonds is 4. The zero-order chi connectivity index (χ0) is 13.8. The molecule has 0 saturated heterocycles. The van der Waals surface area contributed by atoms with Crippen LogP contribution < -0.4 is 9.47 Å². The van der Waals surface area contributed by atoms with E-state index in [1.165, 1.54) is 11.1 Å². The second kappa shape index (κ2) is 6.11. The van der Waals surface area contributed by atoms with Crippen molar-refractivity contribution in [3.63, 3.8) is 0 Å². The first kappa shape index (κ1) is 13.9. The van der Waals surface area contributed by atoms with Gasteiger partial charge in [-0.15, -0.1) is 0 Å². The Morgan fingerprint density at radius 2 is 1.74 bits per heavy atom. The Kier molecular flexibility index (Phi) is 4.48. The Labute approximate surface area is 122 Å². The van der Waals surface area contributed by atoms with Crippen molar-refractivity contribution >= 4 is 15.9 Å². The highest BCUT2D eigenvalue weighted by Crippen LogP contribution is 2.34. The van der Waals surface area contributed by atoms with Gasteiger partial charge in [-0.2, -0.15) is 0 Å². The first-order valence-corrected chi connectivity index (χ1v) is 6.92. The molecule has 0 amide bonds. The van der Waals surface area contributed by atoms with E-state index in [9.17, 15) is 0 Å². The van der Waals surface area contributed by atoms with Gasteiger partial charge in [0.25, 0.3) is 0 Å². The van der Waals surface area contributed by atoms with Crippen LogP contribution >= 0.6 is 15.9 Å². The fourth-order valence-electron chi connectivity index (χ4n) is 2.16. The van der Waals surface area contributed by atoms with Crippen molar-refractivity contribution in [3.05, 3.63) is 58.1 Å². The van der Waals surface area contributed by atoms with E-state index >= 15 is 0 Å². The van der Waals surface area contributed by atoms with Crippen molar-refractivity contribution in [1.82, 2.24) is 0 Å². The molecule has 0 saturated carbocycles. The first-order valence-electron chi connectivity index (χ1n) is 6.13. The molecule has 0 aliphatic carbocycles. The molecule has 0 fully saturated rings. The summed E-state index contributed by atoms with van der Waals surface area (Å²) in [6.07, 6.45) is 0. The first-order chi connectivity index (χ1) is 9.15. The van der Waals surface area contributed by atoms with E-state index in [1.54, 1.807) is 14.2 Å². The monoisotopic (exact) mass is 320 g/mol. The van der Waals surface area contributed by atoms with Crippen LogP contribution in [-0.4, -0.2) is 14.2 Å². The molecule has 0 aliphatic rings. The molecule has 3 heteroatoms. The van der Waals surface area contributed by atoms with Crippen molar-refractivity contribution in [1.29, 1.82) is 0 Å². The maximum atomic E-state index is 5.43. The van der Waals surface area contributed by atoms with Crippen molar-refractivity contribution in [2.75, 3.05) is 14.2 Å². The van der Waals surface area contributed by atoms with Crippen LogP contribution in [0.1, 0.15) is 24.0 Å². The summed E-state index contributed by atoms with van der Waals surface area (Å²) in [4.78, 5) is 0. The van der Waals surface area contributed by atoms with Crippen LogP contribution in [0.3, 0.4) is 0 Å². The highest BCUT2D eigenvalue weighted by Gasteiger charge is 2.14. The SMILES string of the molecule is COc1cc(Br)cc(C(C)c2ccccc2OC)c1. The van der Waals surface area contributed by atoms with Crippen LogP contribution in [0.25, 0.3) is 0 Å². The summed E-state index contributed by atoms with van der Waals surface area (Å²) in [5.41, 5.74) is 2.36. The predicted octanol–water partition coefficient (Wildman–Crippen LogP) is 4.62. The zero-order valence-electron chi connectivity index (χ0n) is 11.3. The highest BCUT2D eigenvalue weighted by atomic mass is 79.9. The van der Waals surface area contributed by atoms with Crippen LogP contribution in [0, 0.1) is 0 Å². The van der Waals surface area contributed by atoms with Crippen LogP contribution in [0.5, 0.6) is 11.5 Å². The van der Waals surface area contributed by atoms with Gasteiger partial charge in [-0.05, 0) is 29.8 Å². The molecule has 1 atom stereocenters. The van der Waals surface area contributed by atoms with Gasteiger partial charge >= 0.3 is 0 Å². The number of methoxy groups -OCH3 is 2. The fraction of sp³-hybridized carbons (Fsp3) is 0.250. The lowest BCUT2D eigenvalue weighted by atomic mass is 9.92. The third kappa shape index (κ3) is 3.10. The Balaban J connectivity index is 2.43. The van der Waals surface area contributed by atoms with Crippen LogP contribution in [0.2, 0.25) is 0 Å². The molecular weight excluding hydrogens is 304 g/mol. The molecule has 2 aromatic rings. The van der Waals surface area contributed by atoms with Gasteiger partial charge in [0.05, 0.1) is 14.2 Å². The lowest BCUT2D eigenvalue weighted by Crippen LogP contribution is -2.00.